The van der Waals surface area contributed by atoms with E-state index >= 15 is 0 Å². The van der Waals surface area contributed by atoms with E-state index in [9.17, 15) is 0 Å². The van der Waals surface area contributed by atoms with E-state index in [1.807, 2.05) is 6.07 Å². The monoisotopic (exact) mass is 404 g/mol. The van der Waals surface area contributed by atoms with Gasteiger partial charge in [-0.2, -0.15) is 5.10 Å². The molecule has 0 aliphatic carbocycles. The Hall–Kier alpha value is -2.66. The summed E-state index contributed by atoms with van der Waals surface area (Å²) in [6, 6.07) is 12.8. The van der Waals surface area contributed by atoms with Gasteiger partial charge < -0.3 is 10.1 Å². The minimum absolute atomic E-state index is 0.0176. The number of likely N-dealkylation sites (tertiary alicyclic amines) is 1. The molecule has 0 unspecified atom stereocenters. The number of nitrogens with one attached hydrogen (secondary N) is 1. The van der Waals surface area contributed by atoms with Crippen molar-refractivity contribution in [2.45, 2.75) is 58.7 Å². The highest BCUT2D eigenvalue weighted by atomic mass is 16.5. The number of ether oxygens (including phenoxy) is 1. The largest absolute Gasteiger partial charge is 0.488 e. The second kappa shape index (κ2) is 7.88. The molecular weight excluding hydrogens is 372 g/mol. The summed E-state index contributed by atoms with van der Waals surface area (Å²) in [7, 11) is 2.16. The average Bonchev–Trinajstić information content (AvgIpc) is 2.97. The normalized spacial score (nSPS) is 19.7. The van der Waals surface area contributed by atoms with Gasteiger partial charge in [0.25, 0.3) is 0 Å². The van der Waals surface area contributed by atoms with Gasteiger partial charge in [0.2, 0.25) is 0 Å². The molecule has 4 rings (SSSR count). The standard InChI is InChI=1S/C25H32N4O/c1-16-8-7-9-21(17(16)2)18(3)27-24-22-14-20(11-10-19(22)15-26-28-24)30-23-12-13-29(6)25(23,4)5/h7-11,14-15,18,23H,12-13H2,1-6H3,(H,27,28)/t18-,23+/m1/s1. The van der Waals surface area contributed by atoms with Crippen LogP contribution < -0.4 is 10.1 Å². The number of hydrogen-bond acceptors (Lipinski definition) is 5. The van der Waals surface area contributed by atoms with Crippen molar-refractivity contribution in [3.05, 3.63) is 59.3 Å². The number of aryl methyl sites for hydroxylation is 1. The average molecular weight is 405 g/mol. The Bertz CT molecular complexity index is 1060. The smallest absolute Gasteiger partial charge is 0.157 e. The highest BCUT2D eigenvalue weighted by Crippen LogP contribution is 2.34. The van der Waals surface area contributed by atoms with E-state index in [1.165, 1.54) is 16.7 Å². The highest BCUT2D eigenvalue weighted by molar-refractivity contribution is 5.92. The predicted octanol–water partition coefficient (Wildman–Crippen LogP) is 5.28. The van der Waals surface area contributed by atoms with Gasteiger partial charge in [-0.1, -0.05) is 18.2 Å². The number of hydrogen-bond donors (Lipinski definition) is 1. The summed E-state index contributed by atoms with van der Waals surface area (Å²) < 4.78 is 6.43. The molecule has 5 nitrogen and oxygen atoms in total. The molecule has 5 heteroatoms. The van der Waals surface area contributed by atoms with Gasteiger partial charge in [-0.3, -0.25) is 4.90 Å². The van der Waals surface area contributed by atoms with Crippen molar-refractivity contribution >= 4 is 16.6 Å². The van der Waals surface area contributed by atoms with Crippen molar-refractivity contribution in [2.75, 3.05) is 18.9 Å². The van der Waals surface area contributed by atoms with Crippen molar-refractivity contribution < 1.29 is 4.74 Å². The quantitative estimate of drug-likeness (QED) is 0.627. The van der Waals surface area contributed by atoms with E-state index in [0.717, 1.165) is 35.3 Å². The topological polar surface area (TPSA) is 50.3 Å². The lowest BCUT2D eigenvalue weighted by atomic mass is 9.98. The maximum absolute atomic E-state index is 6.43. The van der Waals surface area contributed by atoms with Crippen LogP contribution in [0.4, 0.5) is 5.82 Å². The van der Waals surface area contributed by atoms with E-state index in [2.05, 4.69) is 92.4 Å². The SMILES string of the molecule is Cc1cccc([C@@H](C)Nc2nncc3ccc(O[C@H]4CCN(C)C4(C)C)cc23)c1C. The van der Waals surface area contributed by atoms with Gasteiger partial charge in [0, 0.05) is 17.3 Å². The molecule has 1 N–H and O–H groups in total. The molecule has 0 saturated carbocycles. The maximum Gasteiger partial charge on any atom is 0.157 e. The van der Waals surface area contributed by atoms with Crippen molar-refractivity contribution in [1.82, 2.24) is 15.1 Å². The fraction of sp³-hybridized carbons (Fsp3) is 0.440. The van der Waals surface area contributed by atoms with E-state index in [4.69, 9.17) is 4.74 Å². The number of benzene rings is 2. The highest BCUT2D eigenvalue weighted by Gasteiger charge is 2.40. The molecular formula is C25H32N4O. The lowest BCUT2D eigenvalue weighted by Gasteiger charge is -2.33. The van der Waals surface area contributed by atoms with Crippen LogP contribution in [-0.2, 0) is 0 Å². The van der Waals surface area contributed by atoms with Crippen LogP contribution in [0.15, 0.2) is 42.6 Å². The fourth-order valence-electron chi connectivity index (χ4n) is 4.33. The maximum atomic E-state index is 6.43. The number of aromatic nitrogens is 2. The zero-order valence-corrected chi connectivity index (χ0v) is 18.9. The first-order chi connectivity index (χ1) is 14.3. The van der Waals surface area contributed by atoms with Gasteiger partial charge in [-0.05, 0) is 83.0 Å². The van der Waals surface area contributed by atoms with Crippen LogP contribution in [0.25, 0.3) is 10.8 Å². The van der Waals surface area contributed by atoms with E-state index < -0.39 is 0 Å². The van der Waals surface area contributed by atoms with Crippen LogP contribution in [0.3, 0.4) is 0 Å². The summed E-state index contributed by atoms with van der Waals surface area (Å²) in [5.41, 5.74) is 3.90. The second-order valence-corrected chi connectivity index (χ2v) is 9.07. The van der Waals surface area contributed by atoms with Gasteiger partial charge in [-0.15, -0.1) is 5.10 Å². The molecule has 1 aromatic heterocycles. The summed E-state index contributed by atoms with van der Waals surface area (Å²) >= 11 is 0. The molecule has 158 valence electrons. The first kappa shape index (κ1) is 20.6. The minimum Gasteiger partial charge on any atom is -0.488 e. The van der Waals surface area contributed by atoms with Crippen LogP contribution in [0.1, 0.15) is 49.9 Å². The molecule has 1 fully saturated rings. The molecule has 0 amide bonds. The number of fused-ring (bicyclic) bond motifs is 1. The van der Waals surface area contributed by atoms with Gasteiger partial charge in [0.15, 0.2) is 5.82 Å². The number of likely N-dealkylation sites (N-methyl/N-ethyl adjacent to an activating group) is 1. The molecule has 0 bridgehead atoms. The molecule has 1 saturated heterocycles. The van der Waals surface area contributed by atoms with Crippen molar-refractivity contribution in [3.8, 4) is 5.75 Å². The lowest BCUT2D eigenvalue weighted by molar-refractivity contribution is 0.0868. The Balaban J connectivity index is 1.63. The zero-order chi connectivity index (χ0) is 21.5. The Morgan fingerprint density at radius 3 is 2.73 bits per heavy atom. The fourth-order valence-corrected chi connectivity index (χ4v) is 4.33. The predicted molar refractivity (Wildman–Crippen MR) is 123 cm³/mol. The summed E-state index contributed by atoms with van der Waals surface area (Å²) in [4.78, 5) is 2.36. The van der Waals surface area contributed by atoms with Crippen LogP contribution in [0.2, 0.25) is 0 Å². The van der Waals surface area contributed by atoms with Gasteiger partial charge in [0.1, 0.15) is 11.9 Å². The van der Waals surface area contributed by atoms with Crippen LogP contribution in [-0.4, -0.2) is 40.3 Å². The van der Waals surface area contributed by atoms with Crippen LogP contribution in [0.5, 0.6) is 5.75 Å². The van der Waals surface area contributed by atoms with Crippen molar-refractivity contribution in [3.63, 3.8) is 0 Å². The lowest BCUT2D eigenvalue weighted by Crippen LogP contribution is -2.45. The first-order valence-electron chi connectivity index (χ1n) is 10.7. The Labute approximate surface area is 179 Å². The van der Waals surface area contributed by atoms with Crippen molar-refractivity contribution in [1.29, 1.82) is 0 Å². The third kappa shape index (κ3) is 3.74. The molecule has 30 heavy (non-hydrogen) atoms. The Kier molecular flexibility index (Phi) is 5.41. The van der Waals surface area contributed by atoms with Gasteiger partial charge >= 0.3 is 0 Å². The Morgan fingerprint density at radius 1 is 1.20 bits per heavy atom. The number of nitrogens with zero attached hydrogens (tertiary/aromatic N) is 3. The minimum atomic E-state index is 0.0176. The summed E-state index contributed by atoms with van der Waals surface area (Å²) in [6.45, 7) is 12.0. The van der Waals surface area contributed by atoms with Gasteiger partial charge in [-0.25, -0.2) is 0 Å². The first-order valence-corrected chi connectivity index (χ1v) is 10.7. The Morgan fingerprint density at radius 2 is 2.00 bits per heavy atom. The second-order valence-electron chi connectivity index (χ2n) is 9.07. The molecule has 0 spiro atoms. The molecule has 2 atom stereocenters. The van der Waals surface area contributed by atoms with Gasteiger partial charge in [0.05, 0.1) is 17.8 Å². The van der Waals surface area contributed by atoms with Crippen LogP contribution >= 0.6 is 0 Å². The molecule has 0 radical (unpaired) electrons. The van der Waals surface area contributed by atoms with Crippen molar-refractivity contribution in [2.24, 2.45) is 0 Å². The summed E-state index contributed by atoms with van der Waals surface area (Å²) in [5, 5.41) is 14.3. The third-order valence-corrected chi connectivity index (χ3v) is 6.88. The third-order valence-electron chi connectivity index (χ3n) is 6.88. The molecule has 2 aromatic carbocycles. The molecule has 2 heterocycles. The zero-order valence-electron chi connectivity index (χ0n) is 18.9. The van der Waals surface area contributed by atoms with E-state index in [1.54, 1.807) is 6.20 Å². The van der Waals surface area contributed by atoms with Crippen LogP contribution in [0, 0.1) is 13.8 Å². The summed E-state index contributed by atoms with van der Waals surface area (Å²) in [6.07, 6.45) is 3.01. The molecule has 3 aromatic rings. The number of anilines is 1. The van der Waals surface area contributed by atoms with E-state index in [-0.39, 0.29) is 17.7 Å². The summed E-state index contributed by atoms with van der Waals surface area (Å²) in [5.74, 6) is 1.67. The number of rotatable bonds is 5. The van der Waals surface area contributed by atoms with E-state index in [0.29, 0.717) is 0 Å². The molecule has 1 aliphatic heterocycles. The molecule has 1 aliphatic rings.